The first kappa shape index (κ1) is 13.3. The van der Waals surface area contributed by atoms with Crippen molar-refractivity contribution in [3.63, 3.8) is 0 Å². The Morgan fingerprint density at radius 1 is 1.32 bits per heavy atom. The van der Waals surface area contributed by atoms with Crippen LogP contribution < -0.4 is 5.32 Å². The third kappa shape index (κ3) is 2.48. The molecule has 1 aliphatic rings. The molecule has 0 spiro atoms. The van der Waals surface area contributed by atoms with Crippen molar-refractivity contribution in [2.45, 2.75) is 4.34 Å². The summed E-state index contributed by atoms with van der Waals surface area (Å²) in [5, 5.41) is 3.69. The predicted molar refractivity (Wildman–Crippen MR) is 76.3 cm³/mol. The van der Waals surface area contributed by atoms with Crippen molar-refractivity contribution in [1.82, 2.24) is 14.6 Å². The molecule has 1 aromatic heterocycles. The second kappa shape index (κ2) is 4.99. The Bertz CT molecular complexity index is 708. The Labute approximate surface area is 120 Å². The molecule has 0 saturated carbocycles. The number of thiazole rings is 1. The quantitative estimate of drug-likeness (QED) is 0.912. The van der Waals surface area contributed by atoms with Crippen LogP contribution in [0.3, 0.4) is 0 Å². The van der Waals surface area contributed by atoms with E-state index in [1.807, 2.05) is 0 Å². The Kier molecular flexibility index (Phi) is 3.48. The van der Waals surface area contributed by atoms with Gasteiger partial charge in [-0.05, 0) is 18.2 Å². The van der Waals surface area contributed by atoms with E-state index in [1.54, 1.807) is 18.2 Å². The molecule has 1 aromatic carbocycles. The summed E-state index contributed by atoms with van der Waals surface area (Å²) < 4.78 is 27.4. The minimum atomic E-state index is -3.48. The van der Waals surface area contributed by atoms with Crippen LogP contribution in [0.4, 0.5) is 0 Å². The normalized spacial score (nSPS) is 17.9. The molecular weight excluding hydrogens is 306 g/mol. The van der Waals surface area contributed by atoms with Crippen molar-refractivity contribution in [3.8, 4) is 0 Å². The van der Waals surface area contributed by atoms with E-state index < -0.39 is 10.0 Å². The van der Waals surface area contributed by atoms with Crippen molar-refractivity contribution < 1.29 is 8.42 Å². The highest BCUT2D eigenvalue weighted by Gasteiger charge is 2.28. The molecule has 5 nitrogen and oxygen atoms in total. The van der Waals surface area contributed by atoms with Gasteiger partial charge in [0.05, 0.1) is 10.2 Å². The molecule has 0 atom stereocenters. The Morgan fingerprint density at radius 2 is 2.05 bits per heavy atom. The summed E-state index contributed by atoms with van der Waals surface area (Å²) >= 11 is 7.07. The van der Waals surface area contributed by atoms with Crippen LogP contribution in [0.1, 0.15) is 0 Å². The van der Waals surface area contributed by atoms with Gasteiger partial charge in [-0.15, -0.1) is 11.3 Å². The van der Waals surface area contributed by atoms with Crippen LogP contribution in [0.15, 0.2) is 22.5 Å². The van der Waals surface area contributed by atoms with E-state index in [0.29, 0.717) is 36.7 Å². The lowest BCUT2D eigenvalue weighted by atomic mass is 10.3. The highest BCUT2D eigenvalue weighted by molar-refractivity contribution is 7.91. The summed E-state index contributed by atoms with van der Waals surface area (Å²) in [5.41, 5.74) is 0.631. The fourth-order valence-electron chi connectivity index (χ4n) is 1.98. The highest BCUT2D eigenvalue weighted by atomic mass is 35.5. The number of nitrogens with zero attached hydrogens (tertiary/aromatic N) is 2. The maximum atomic E-state index is 12.5. The molecule has 0 amide bonds. The molecule has 2 heterocycles. The van der Waals surface area contributed by atoms with Crippen LogP contribution in [0, 0.1) is 0 Å². The molecule has 8 heteroatoms. The van der Waals surface area contributed by atoms with Crippen LogP contribution in [0.2, 0.25) is 5.02 Å². The van der Waals surface area contributed by atoms with Gasteiger partial charge in [0.25, 0.3) is 10.0 Å². The number of hydrogen-bond donors (Lipinski definition) is 1. The minimum Gasteiger partial charge on any atom is -0.314 e. The number of aromatic nitrogens is 1. The van der Waals surface area contributed by atoms with Gasteiger partial charge >= 0.3 is 0 Å². The smallest absolute Gasteiger partial charge is 0.270 e. The fraction of sp³-hybridized carbons (Fsp3) is 0.364. The van der Waals surface area contributed by atoms with E-state index in [1.165, 1.54) is 15.6 Å². The van der Waals surface area contributed by atoms with Crippen molar-refractivity contribution in [3.05, 3.63) is 23.2 Å². The van der Waals surface area contributed by atoms with Crippen molar-refractivity contribution in [1.29, 1.82) is 0 Å². The average Bonchev–Trinajstić information content (AvgIpc) is 2.83. The van der Waals surface area contributed by atoms with Gasteiger partial charge < -0.3 is 5.32 Å². The van der Waals surface area contributed by atoms with Gasteiger partial charge in [0.1, 0.15) is 0 Å². The second-order valence-corrected chi connectivity index (χ2v) is 7.82. The number of benzene rings is 1. The summed E-state index contributed by atoms with van der Waals surface area (Å²) in [6.45, 7) is 2.32. The van der Waals surface area contributed by atoms with Crippen molar-refractivity contribution in [2.24, 2.45) is 0 Å². The van der Waals surface area contributed by atoms with E-state index in [0.717, 1.165) is 4.70 Å². The van der Waals surface area contributed by atoms with Crippen LogP contribution in [0.25, 0.3) is 10.2 Å². The summed E-state index contributed by atoms with van der Waals surface area (Å²) in [4.78, 5) is 4.20. The van der Waals surface area contributed by atoms with Crippen molar-refractivity contribution >= 4 is 43.2 Å². The number of sulfonamides is 1. The number of rotatable bonds is 2. The number of hydrogen-bond acceptors (Lipinski definition) is 5. The molecule has 1 saturated heterocycles. The summed E-state index contributed by atoms with van der Waals surface area (Å²) in [6.07, 6.45) is 0. The Balaban J connectivity index is 2.02. The average molecular weight is 318 g/mol. The second-order valence-electron chi connectivity index (χ2n) is 4.25. The topological polar surface area (TPSA) is 62.3 Å². The monoisotopic (exact) mass is 317 g/mol. The van der Waals surface area contributed by atoms with Gasteiger partial charge in [0, 0.05) is 31.2 Å². The van der Waals surface area contributed by atoms with Crippen LogP contribution in [-0.2, 0) is 10.0 Å². The maximum absolute atomic E-state index is 12.5. The molecule has 3 rings (SSSR count). The molecule has 1 fully saturated rings. The zero-order valence-corrected chi connectivity index (χ0v) is 12.4. The first-order valence-corrected chi connectivity index (χ1v) is 8.48. The SMILES string of the molecule is O=S(=O)(c1nc2cc(Cl)ccc2s1)N1CCNCC1. The first-order valence-electron chi connectivity index (χ1n) is 5.84. The van der Waals surface area contributed by atoms with Crippen LogP contribution in [0.5, 0.6) is 0 Å². The van der Waals surface area contributed by atoms with Gasteiger partial charge in [0.15, 0.2) is 0 Å². The van der Waals surface area contributed by atoms with Gasteiger partial charge in [0.2, 0.25) is 4.34 Å². The summed E-state index contributed by atoms with van der Waals surface area (Å²) in [5.74, 6) is 0. The predicted octanol–water partition coefficient (Wildman–Crippen LogP) is 1.54. The molecule has 1 aliphatic heterocycles. The molecule has 102 valence electrons. The first-order chi connectivity index (χ1) is 9.07. The number of nitrogens with one attached hydrogen (secondary N) is 1. The van der Waals surface area contributed by atoms with E-state index in [4.69, 9.17) is 11.6 Å². The van der Waals surface area contributed by atoms with Crippen LogP contribution >= 0.6 is 22.9 Å². The third-order valence-corrected chi connectivity index (χ3v) is 6.49. The summed E-state index contributed by atoms with van der Waals surface area (Å²) in [6, 6.07) is 5.22. The fourth-order valence-corrected chi connectivity index (χ4v) is 4.93. The lowest BCUT2D eigenvalue weighted by molar-refractivity contribution is 0.360. The number of fused-ring (bicyclic) bond motifs is 1. The molecule has 0 unspecified atom stereocenters. The van der Waals surface area contributed by atoms with Gasteiger partial charge in [-0.1, -0.05) is 11.6 Å². The molecule has 0 bridgehead atoms. The molecule has 2 aromatic rings. The van der Waals surface area contributed by atoms with E-state index in [9.17, 15) is 8.42 Å². The van der Waals surface area contributed by atoms with E-state index in [-0.39, 0.29) is 4.34 Å². The zero-order valence-electron chi connectivity index (χ0n) is 9.97. The molecule has 19 heavy (non-hydrogen) atoms. The summed E-state index contributed by atoms with van der Waals surface area (Å²) in [7, 11) is -3.48. The lowest BCUT2D eigenvalue weighted by Gasteiger charge is -2.25. The zero-order chi connectivity index (χ0) is 13.5. The largest absolute Gasteiger partial charge is 0.314 e. The van der Waals surface area contributed by atoms with E-state index in [2.05, 4.69) is 10.3 Å². The maximum Gasteiger partial charge on any atom is 0.270 e. The van der Waals surface area contributed by atoms with Gasteiger partial charge in [-0.3, -0.25) is 0 Å². The molecule has 0 radical (unpaired) electrons. The standard InChI is InChI=1S/C11H12ClN3O2S2/c12-8-1-2-10-9(7-8)14-11(18-10)19(16,17)15-5-3-13-4-6-15/h1-2,7,13H,3-6H2. The lowest BCUT2D eigenvalue weighted by Crippen LogP contribution is -2.46. The van der Waals surface area contributed by atoms with Gasteiger partial charge in [-0.2, -0.15) is 4.31 Å². The Morgan fingerprint density at radius 3 is 2.79 bits per heavy atom. The molecular formula is C11H12ClN3O2S2. The highest BCUT2D eigenvalue weighted by Crippen LogP contribution is 2.29. The molecule has 0 aliphatic carbocycles. The van der Waals surface area contributed by atoms with Crippen LogP contribution in [-0.4, -0.2) is 43.9 Å². The van der Waals surface area contributed by atoms with Gasteiger partial charge in [-0.25, -0.2) is 13.4 Å². The minimum absolute atomic E-state index is 0.145. The van der Waals surface area contributed by atoms with E-state index >= 15 is 0 Å². The number of piperazine rings is 1. The number of halogens is 1. The molecule has 1 N–H and O–H groups in total. The Hall–Kier alpha value is -0.730. The third-order valence-electron chi connectivity index (χ3n) is 2.97. The van der Waals surface area contributed by atoms with Crippen molar-refractivity contribution in [2.75, 3.05) is 26.2 Å².